The molecule has 9 rings (SSSR count). The van der Waals surface area contributed by atoms with Crippen LogP contribution in [-0.2, 0) is 30.9 Å². The number of aromatic nitrogens is 4. The summed E-state index contributed by atoms with van der Waals surface area (Å²) in [5.41, 5.74) is 5.32. The van der Waals surface area contributed by atoms with E-state index in [0.717, 1.165) is 72.0 Å². The summed E-state index contributed by atoms with van der Waals surface area (Å²) in [6.45, 7) is 7.58. The fourth-order valence-corrected chi connectivity index (χ4v) is 9.13. The van der Waals surface area contributed by atoms with E-state index in [1.807, 2.05) is 31.2 Å². The van der Waals surface area contributed by atoms with E-state index in [2.05, 4.69) is 41.7 Å². The van der Waals surface area contributed by atoms with Crippen LogP contribution in [0.4, 0.5) is 17.6 Å². The van der Waals surface area contributed by atoms with Gasteiger partial charge in [0.1, 0.15) is 29.3 Å². The first-order valence-corrected chi connectivity index (χ1v) is 21.6. The molecule has 3 aromatic heterocycles. The lowest BCUT2D eigenvalue weighted by Crippen LogP contribution is -2.46. The number of alkyl halides is 3. The minimum absolute atomic E-state index is 0.0381. The molecule has 0 spiro atoms. The predicted octanol–water partition coefficient (Wildman–Crippen LogP) is 8.46. The van der Waals surface area contributed by atoms with Gasteiger partial charge in [-0.15, -0.1) is 11.3 Å². The lowest BCUT2D eigenvalue weighted by Gasteiger charge is -2.34. The highest BCUT2D eigenvalue weighted by molar-refractivity contribution is 7.22. The third kappa shape index (κ3) is 10.7. The van der Waals surface area contributed by atoms with Crippen molar-refractivity contribution in [2.45, 2.75) is 51.7 Å². The zero-order valence-electron chi connectivity index (χ0n) is 34.5. The van der Waals surface area contributed by atoms with E-state index >= 15 is 0 Å². The monoisotopic (exact) mass is 905 g/mol. The Balaban J connectivity index is 1.20. The first-order chi connectivity index (χ1) is 30.3. The van der Waals surface area contributed by atoms with E-state index in [0.29, 0.717) is 45.2 Å². The van der Waals surface area contributed by atoms with Gasteiger partial charge in [-0.3, -0.25) is 9.80 Å². The Labute approximate surface area is 370 Å². The smallest absolute Gasteiger partial charge is 0.392 e. The van der Waals surface area contributed by atoms with Gasteiger partial charge in [0.05, 0.1) is 18.4 Å². The second-order valence-corrected chi connectivity index (χ2v) is 17.0. The van der Waals surface area contributed by atoms with Gasteiger partial charge in [0.2, 0.25) is 17.9 Å². The number of carboxylic acids is 1. The Kier molecular flexibility index (Phi) is 13.4. The van der Waals surface area contributed by atoms with Crippen LogP contribution >= 0.6 is 22.9 Å². The Morgan fingerprint density at radius 1 is 0.952 bits per heavy atom. The molecule has 3 aliphatic heterocycles. The number of carbonyl (C=O) groups is 1. The van der Waals surface area contributed by atoms with Crippen LogP contribution in [0.15, 0.2) is 73.2 Å². The Morgan fingerprint density at radius 3 is 2.49 bits per heavy atom. The van der Waals surface area contributed by atoms with Crippen LogP contribution in [0.2, 0.25) is 5.02 Å². The topological polar surface area (TPSA) is 126 Å². The fraction of sp³-hybridized carbons (Fsp3) is 0.356. The highest BCUT2D eigenvalue weighted by Gasteiger charge is 2.30. The minimum Gasteiger partial charge on any atom is -0.485 e. The average Bonchev–Trinajstić information content (AvgIpc) is 3.64. The molecule has 6 aromatic rings. The largest absolute Gasteiger partial charge is 0.485 e. The summed E-state index contributed by atoms with van der Waals surface area (Å²) in [5.74, 6) is -1.15. The van der Waals surface area contributed by atoms with Crippen molar-refractivity contribution >= 4 is 39.1 Å². The minimum atomic E-state index is -4.38. The molecule has 1 atom stereocenters. The molecule has 6 heterocycles. The van der Waals surface area contributed by atoms with E-state index in [4.69, 9.17) is 25.8 Å². The lowest BCUT2D eigenvalue weighted by atomic mass is 9.94. The van der Waals surface area contributed by atoms with Gasteiger partial charge < -0.3 is 24.2 Å². The SMILES string of the molecule is Cc1c2ccc(c1Cl)CN(CCN1CCN(C)CC1)Cc1ccc(OCc3nccc(OCCC(F)(F)F)n3)c(c1)C[C@H](C(=O)O)Oc1ncnc3sc(-c4ccc(F)cc4)c-2c13. The third-order valence-corrected chi connectivity index (χ3v) is 12.8. The summed E-state index contributed by atoms with van der Waals surface area (Å²) in [6, 6.07) is 17.1. The Bertz CT molecular complexity index is 2590. The maximum atomic E-state index is 14.2. The number of hydrogen-bond acceptors (Lipinski definition) is 12. The van der Waals surface area contributed by atoms with Crippen molar-refractivity contribution in [3.05, 3.63) is 112 Å². The first-order valence-electron chi connectivity index (χ1n) is 20.4. The summed E-state index contributed by atoms with van der Waals surface area (Å²) < 4.78 is 70.3. The lowest BCUT2D eigenvalue weighted by molar-refractivity contribution is -0.145. The van der Waals surface area contributed by atoms with Crippen molar-refractivity contribution in [1.29, 1.82) is 0 Å². The number of halogens is 5. The molecule has 0 amide bonds. The van der Waals surface area contributed by atoms with Crippen LogP contribution in [0.3, 0.4) is 0 Å². The van der Waals surface area contributed by atoms with Gasteiger partial charge in [-0.05, 0) is 65.6 Å². The van der Waals surface area contributed by atoms with Crippen molar-refractivity contribution in [1.82, 2.24) is 34.6 Å². The third-order valence-electron chi connectivity index (χ3n) is 11.2. The van der Waals surface area contributed by atoms with Crippen molar-refractivity contribution in [3.63, 3.8) is 0 Å². The molecule has 1 N–H and O–H groups in total. The maximum Gasteiger partial charge on any atom is 0.392 e. The number of thiophene rings is 1. The van der Waals surface area contributed by atoms with Crippen LogP contribution in [0.25, 0.3) is 31.8 Å². The summed E-state index contributed by atoms with van der Waals surface area (Å²) in [4.78, 5) is 39.0. The van der Waals surface area contributed by atoms with Crippen molar-refractivity contribution in [2.75, 3.05) is 52.9 Å². The molecule has 12 nitrogen and oxygen atoms in total. The number of nitrogens with zero attached hydrogens (tertiary/aromatic N) is 7. The molecule has 4 bridgehead atoms. The quantitative estimate of drug-likeness (QED) is 0.125. The van der Waals surface area contributed by atoms with E-state index in [9.17, 15) is 27.5 Å². The molecular weight excluding hydrogens is 862 g/mol. The molecular formula is C45H44ClF4N7O5S. The molecule has 0 unspecified atom stereocenters. The number of aliphatic carboxylic acids is 1. The molecule has 1 saturated heterocycles. The zero-order chi connectivity index (χ0) is 44.3. The molecule has 0 aliphatic carbocycles. The normalized spacial score (nSPS) is 16.6. The highest BCUT2D eigenvalue weighted by atomic mass is 35.5. The molecule has 1 fully saturated rings. The summed E-state index contributed by atoms with van der Waals surface area (Å²) >= 11 is 8.67. The summed E-state index contributed by atoms with van der Waals surface area (Å²) in [5, 5.41) is 11.8. The molecule has 63 heavy (non-hydrogen) atoms. The number of benzene rings is 3. The summed E-state index contributed by atoms with van der Waals surface area (Å²) in [6.07, 6.45) is -4.44. The van der Waals surface area contributed by atoms with Crippen LogP contribution in [-0.4, -0.2) is 111 Å². The van der Waals surface area contributed by atoms with E-state index in [1.165, 1.54) is 42.1 Å². The van der Waals surface area contributed by atoms with Gasteiger partial charge >= 0.3 is 12.1 Å². The second kappa shape index (κ2) is 19.1. The van der Waals surface area contributed by atoms with Crippen LogP contribution < -0.4 is 14.2 Å². The number of carboxylic acid groups (broad SMARTS) is 1. The first kappa shape index (κ1) is 44.2. The molecule has 330 valence electrons. The number of rotatable bonds is 11. The van der Waals surface area contributed by atoms with Gasteiger partial charge in [0.15, 0.2) is 5.82 Å². The molecule has 0 saturated carbocycles. The number of ether oxygens (including phenoxy) is 3. The maximum absolute atomic E-state index is 14.2. The fourth-order valence-electron chi connectivity index (χ4n) is 7.75. The van der Waals surface area contributed by atoms with Crippen LogP contribution in [0.1, 0.15) is 34.5 Å². The standard InChI is InChI=1S/C45H44ClF4N7O5S/c1-27-33-9-6-30(40(27)46)24-57(19-18-56-16-14-55(2)15-17-56)23-28-3-10-34(61-25-36-51-13-11-37(54-36)60-20-12-45(48,49)50)31(21-28)22-35(44(58)59)62-42-39-38(33)41(63-43(39)53-26-52-42)29-4-7-32(47)8-5-29/h3-11,13,21,26,35H,12,14-20,22-25H2,1-2H3,(H,58,59)/t35-/m1/s1. The van der Waals surface area contributed by atoms with Crippen LogP contribution in [0, 0.1) is 12.7 Å². The van der Waals surface area contributed by atoms with Crippen molar-refractivity contribution < 1.29 is 41.7 Å². The molecule has 0 radical (unpaired) electrons. The van der Waals surface area contributed by atoms with Gasteiger partial charge in [0, 0.05) is 86.5 Å². The van der Waals surface area contributed by atoms with E-state index < -0.39 is 31.3 Å². The highest BCUT2D eigenvalue weighted by Crippen LogP contribution is 2.49. The van der Waals surface area contributed by atoms with Crippen molar-refractivity contribution in [2.24, 2.45) is 0 Å². The number of likely N-dealkylation sites (N-methyl/N-ethyl adjacent to an activating group) is 1. The Morgan fingerprint density at radius 2 is 1.73 bits per heavy atom. The summed E-state index contributed by atoms with van der Waals surface area (Å²) in [7, 11) is 2.12. The van der Waals surface area contributed by atoms with Gasteiger partial charge in [0.25, 0.3) is 0 Å². The number of piperazine rings is 1. The molecule has 18 heteroatoms. The average molecular weight is 906 g/mol. The van der Waals surface area contributed by atoms with Gasteiger partial charge in [-0.25, -0.2) is 24.1 Å². The van der Waals surface area contributed by atoms with E-state index in [1.54, 1.807) is 18.2 Å². The van der Waals surface area contributed by atoms with Gasteiger partial charge in [-0.2, -0.15) is 18.2 Å². The van der Waals surface area contributed by atoms with Crippen molar-refractivity contribution in [3.8, 4) is 39.1 Å². The Hall–Kier alpha value is -5.46. The molecule has 3 aliphatic rings. The van der Waals surface area contributed by atoms with Crippen LogP contribution in [0.5, 0.6) is 17.5 Å². The van der Waals surface area contributed by atoms with E-state index in [-0.39, 0.29) is 36.4 Å². The zero-order valence-corrected chi connectivity index (χ0v) is 36.1. The predicted molar refractivity (Wildman–Crippen MR) is 231 cm³/mol. The number of fused-ring (bicyclic) bond motifs is 6. The number of hydrogen-bond donors (Lipinski definition) is 1. The second-order valence-electron chi connectivity index (χ2n) is 15.6. The van der Waals surface area contributed by atoms with Gasteiger partial charge in [-0.1, -0.05) is 48.0 Å². The molecule has 3 aromatic carbocycles.